The van der Waals surface area contributed by atoms with Crippen LogP contribution >= 0.6 is 0 Å². The van der Waals surface area contributed by atoms with Gasteiger partial charge in [-0.2, -0.15) is 0 Å². The molecule has 0 aliphatic heterocycles. The first-order chi connectivity index (χ1) is 14.0. The minimum Gasteiger partial charge on any atom is -0.494 e. The van der Waals surface area contributed by atoms with Crippen LogP contribution in [0.2, 0.25) is 0 Å². The number of alkyl halides is 3. The molecule has 0 aliphatic carbocycles. The molecule has 0 fully saturated rings. The molecular weight excluding hydrogens is 406 g/mol. The zero-order chi connectivity index (χ0) is 22.6. The molecule has 1 N–H and O–H groups in total. The largest absolute Gasteiger partial charge is 0.494 e. The van der Waals surface area contributed by atoms with Crippen molar-refractivity contribution in [3.63, 3.8) is 0 Å². The lowest BCUT2D eigenvalue weighted by atomic mass is 9.90. The van der Waals surface area contributed by atoms with Crippen molar-refractivity contribution in [1.29, 1.82) is 0 Å². The molecule has 0 aliphatic rings. The van der Waals surface area contributed by atoms with Crippen LogP contribution in [0.4, 0.5) is 17.6 Å². The molecule has 2 aromatic rings. The Morgan fingerprint density at radius 1 is 1.20 bits per heavy atom. The lowest BCUT2D eigenvalue weighted by molar-refractivity contribution is -0.228. The number of carboxylic acid groups (broad SMARTS) is 1. The van der Waals surface area contributed by atoms with Gasteiger partial charge in [0.15, 0.2) is 11.6 Å². The number of carboxylic acids is 1. The first-order valence-corrected chi connectivity index (χ1v) is 9.06. The standard InChI is InChI=1S/C21H21F4NO4/c1-4-15-14(6-5-7-16(15)12(2)20(28)29)11-26(21(23,24)25)19(27)13-8-9-17(22)18(10-13)30-3/h5-10,12H,4,11H2,1-3H3,(H,28,29). The molecule has 30 heavy (non-hydrogen) atoms. The number of halogens is 4. The Morgan fingerprint density at radius 3 is 2.40 bits per heavy atom. The number of methoxy groups -OCH3 is 1. The number of carbonyl (C=O) groups excluding carboxylic acids is 1. The summed E-state index contributed by atoms with van der Waals surface area (Å²) in [5.74, 6) is -4.56. The fourth-order valence-corrected chi connectivity index (χ4v) is 3.17. The fraction of sp³-hybridized carbons (Fsp3) is 0.333. The molecule has 0 aromatic heterocycles. The third-order valence-electron chi connectivity index (χ3n) is 4.78. The summed E-state index contributed by atoms with van der Waals surface area (Å²) in [6, 6.07) is 7.14. The van der Waals surface area contributed by atoms with Gasteiger partial charge in [0, 0.05) is 5.56 Å². The van der Waals surface area contributed by atoms with Crippen molar-refractivity contribution in [1.82, 2.24) is 4.90 Å². The van der Waals surface area contributed by atoms with E-state index in [1.807, 2.05) is 0 Å². The second-order valence-corrected chi connectivity index (χ2v) is 6.61. The van der Waals surface area contributed by atoms with Gasteiger partial charge in [-0.05, 0) is 48.2 Å². The molecule has 0 radical (unpaired) electrons. The quantitative estimate of drug-likeness (QED) is 0.512. The van der Waals surface area contributed by atoms with Crippen molar-refractivity contribution >= 4 is 11.9 Å². The average Bonchev–Trinajstić information content (AvgIpc) is 2.69. The molecule has 162 valence electrons. The first kappa shape index (κ1) is 23.2. The van der Waals surface area contributed by atoms with E-state index < -0.39 is 42.0 Å². The van der Waals surface area contributed by atoms with Crippen LogP contribution < -0.4 is 4.74 Å². The third-order valence-corrected chi connectivity index (χ3v) is 4.78. The number of ether oxygens (including phenoxy) is 1. The van der Waals surface area contributed by atoms with Gasteiger partial charge in [-0.3, -0.25) is 9.59 Å². The molecule has 0 bridgehead atoms. The molecule has 2 aromatic carbocycles. The maximum atomic E-state index is 13.7. The van der Waals surface area contributed by atoms with Crippen LogP contribution in [0.5, 0.6) is 5.75 Å². The number of amides is 1. The number of aliphatic carboxylic acids is 1. The molecule has 1 atom stereocenters. The van der Waals surface area contributed by atoms with Crippen LogP contribution in [-0.4, -0.2) is 35.3 Å². The SMILES string of the molecule is CCc1c(CN(C(=O)c2ccc(F)c(OC)c2)C(F)(F)F)cccc1C(C)C(=O)O. The fourth-order valence-electron chi connectivity index (χ4n) is 3.17. The lowest BCUT2D eigenvalue weighted by Gasteiger charge is -2.27. The molecule has 0 heterocycles. The van der Waals surface area contributed by atoms with E-state index in [1.165, 1.54) is 19.1 Å². The van der Waals surface area contributed by atoms with Crippen LogP contribution in [0, 0.1) is 5.82 Å². The monoisotopic (exact) mass is 427 g/mol. The van der Waals surface area contributed by atoms with Crippen molar-refractivity contribution in [2.24, 2.45) is 0 Å². The van der Waals surface area contributed by atoms with Gasteiger partial charge in [0.25, 0.3) is 5.91 Å². The molecule has 1 unspecified atom stereocenters. The molecule has 0 saturated carbocycles. The van der Waals surface area contributed by atoms with Crippen LogP contribution in [0.25, 0.3) is 0 Å². The van der Waals surface area contributed by atoms with Gasteiger partial charge in [0.05, 0.1) is 19.6 Å². The van der Waals surface area contributed by atoms with Gasteiger partial charge in [0.2, 0.25) is 0 Å². The molecule has 9 heteroatoms. The van der Waals surface area contributed by atoms with Crippen molar-refractivity contribution < 1.29 is 37.0 Å². The number of hydrogen-bond donors (Lipinski definition) is 1. The maximum absolute atomic E-state index is 13.7. The van der Waals surface area contributed by atoms with Crippen molar-refractivity contribution in [2.45, 2.75) is 39.0 Å². The smallest absolute Gasteiger partial charge is 0.487 e. The predicted octanol–water partition coefficient (Wildman–Crippen LogP) is 4.75. The molecular formula is C21H21F4NO4. The number of benzene rings is 2. The highest BCUT2D eigenvalue weighted by molar-refractivity contribution is 5.94. The Kier molecular flexibility index (Phi) is 7.07. The first-order valence-electron chi connectivity index (χ1n) is 9.06. The topological polar surface area (TPSA) is 66.8 Å². The number of hydrogen-bond acceptors (Lipinski definition) is 3. The van der Waals surface area contributed by atoms with E-state index >= 15 is 0 Å². The minimum absolute atomic E-state index is 0.183. The van der Waals surface area contributed by atoms with E-state index in [4.69, 9.17) is 4.74 Å². The molecule has 5 nitrogen and oxygen atoms in total. The maximum Gasteiger partial charge on any atom is 0.487 e. The Balaban J connectivity index is 2.49. The summed E-state index contributed by atoms with van der Waals surface area (Å²) in [5, 5.41) is 9.28. The van der Waals surface area contributed by atoms with Gasteiger partial charge >= 0.3 is 12.3 Å². The van der Waals surface area contributed by atoms with E-state index in [1.54, 1.807) is 13.0 Å². The van der Waals surface area contributed by atoms with Gasteiger partial charge in [-0.1, -0.05) is 25.1 Å². The Bertz CT molecular complexity index is 943. The van der Waals surface area contributed by atoms with Gasteiger partial charge in [0.1, 0.15) is 0 Å². The second-order valence-electron chi connectivity index (χ2n) is 6.61. The van der Waals surface area contributed by atoms with Crippen LogP contribution in [0.1, 0.15) is 46.8 Å². The Morgan fingerprint density at radius 2 is 1.87 bits per heavy atom. The molecule has 0 spiro atoms. The minimum atomic E-state index is -5.02. The van der Waals surface area contributed by atoms with Crippen molar-refractivity contribution in [3.05, 3.63) is 64.5 Å². The Hall–Kier alpha value is -3.10. The van der Waals surface area contributed by atoms with E-state index in [0.717, 1.165) is 25.3 Å². The second kappa shape index (κ2) is 9.15. The summed E-state index contributed by atoms with van der Waals surface area (Å²) >= 11 is 0. The van der Waals surface area contributed by atoms with Crippen molar-refractivity contribution in [2.75, 3.05) is 7.11 Å². The normalized spacial score (nSPS) is 12.4. The van der Waals surface area contributed by atoms with Gasteiger partial charge < -0.3 is 9.84 Å². The summed E-state index contributed by atoms with van der Waals surface area (Å²) in [7, 11) is 1.14. The highest BCUT2D eigenvalue weighted by atomic mass is 19.4. The summed E-state index contributed by atoms with van der Waals surface area (Å²) in [6.07, 6.45) is -4.73. The molecule has 0 saturated heterocycles. The summed E-state index contributed by atoms with van der Waals surface area (Å²) in [4.78, 5) is 23.7. The molecule has 1 amide bonds. The highest BCUT2D eigenvalue weighted by Gasteiger charge is 2.42. The number of rotatable bonds is 7. The molecule has 2 rings (SSSR count). The Labute approximate surface area is 170 Å². The van der Waals surface area contributed by atoms with E-state index in [9.17, 15) is 32.3 Å². The number of carbonyl (C=O) groups is 2. The number of nitrogens with zero attached hydrogens (tertiary/aromatic N) is 1. The predicted molar refractivity (Wildman–Crippen MR) is 101 cm³/mol. The van der Waals surface area contributed by atoms with Crippen molar-refractivity contribution in [3.8, 4) is 5.75 Å². The van der Waals surface area contributed by atoms with Gasteiger partial charge in [-0.25, -0.2) is 9.29 Å². The van der Waals surface area contributed by atoms with Crippen LogP contribution in [0.3, 0.4) is 0 Å². The summed E-state index contributed by atoms with van der Waals surface area (Å²) in [5.41, 5.74) is 0.619. The summed E-state index contributed by atoms with van der Waals surface area (Å²) < 4.78 is 59.5. The van der Waals surface area contributed by atoms with E-state index in [-0.39, 0.29) is 22.6 Å². The van der Waals surface area contributed by atoms with E-state index in [2.05, 4.69) is 0 Å². The third kappa shape index (κ3) is 4.90. The van der Waals surface area contributed by atoms with Crippen LogP contribution in [0.15, 0.2) is 36.4 Å². The highest BCUT2D eigenvalue weighted by Crippen LogP contribution is 2.31. The zero-order valence-electron chi connectivity index (χ0n) is 16.6. The average molecular weight is 427 g/mol. The van der Waals surface area contributed by atoms with Gasteiger partial charge in [-0.15, -0.1) is 13.2 Å². The lowest BCUT2D eigenvalue weighted by Crippen LogP contribution is -2.42. The van der Waals surface area contributed by atoms with Crippen LogP contribution in [-0.2, 0) is 17.8 Å². The summed E-state index contributed by atoms with van der Waals surface area (Å²) in [6.45, 7) is 2.32. The zero-order valence-corrected chi connectivity index (χ0v) is 16.6. The van der Waals surface area contributed by atoms with E-state index in [0.29, 0.717) is 11.1 Å².